The van der Waals surface area contributed by atoms with Gasteiger partial charge in [0.05, 0.1) is 6.61 Å². The Kier molecular flexibility index (Phi) is 5.59. The number of anilines is 1. The van der Waals surface area contributed by atoms with E-state index >= 15 is 0 Å². The van der Waals surface area contributed by atoms with Crippen LogP contribution in [-0.2, 0) is 0 Å². The number of hydrogen-bond donors (Lipinski definition) is 2. The molecule has 0 radical (unpaired) electrons. The minimum Gasteiger partial charge on any atom is -0.395 e. The summed E-state index contributed by atoms with van der Waals surface area (Å²) in [6.45, 7) is 6.17. The maximum Gasteiger partial charge on any atom is 0.253 e. The maximum absolute atomic E-state index is 12.6. The van der Waals surface area contributed by atoms with E-state index in [1.165, 1.54) is 0 Å². The molecule has 0 unspecified atom stereocenters. The summed E-state index contributed by atoms with van der Waals surface area (Å²) >= 11 is 0. The van der Waals surface area contributed by atoms with E-state index in [0.29, 0.717) is 6.54 Å². The molecular weight excluding hydrogens is 266 g/mol. The molecule has 0 aliphatic carbocycles. The number of aryl methyl sites for hydroxylation is 1. The van der Waals surface area contributed by atoms with Crippen molar-refractivity contribution in [2.24, 2.45) is 0 Å². The second kappa shape index (κ2) is 7.43. The zero-order chi connectivity index (χ0) is 15.2. The van der Waals surface area contributed by atoms with Gasteiger partial charge in [-0.15, -0.1) is 0 Å². The van der Waals surface area contributed by atoms with Crippen molar-refractivity contribution in [1.29, 1.82) is 0 Å². The Balaban J connectivity index is 2.04. The molecule has 1 aliphatic heterocycles. The van der Waals surface area contributed by atoms with Gasteiger partial charge in [0, 0.05) is 44.5 Å². The Morgan fingerprint density at radius 1 is 1.29 bits per heavy atom. The predicted molar refractivity (Wildman–Crippen MR) is 84.8 cm³/mol. The molecule has 0 aromatic heterocycles. The van der Waals surface area contributed by atoms with Gasteiger partial charge < -0.3 is 15.3 Å². The average Bonchev–Trinajstić information content (AvgIpc) is 2.72. The molecule has 2 rings (SSSR count). The lowest BCUT2D eigenvalue weighted by atomic mass is 10.1. The van der Waals surface area contributed by atoms with Crippen LogP contribution in [0.4, 0.5) is 5.69 Å². The Labute approximate surface area is 126 Å². The van der Waals surface area contributed by atoms with Gasteiger partial charge in [-0.25, -0.2) is 0 Å². The fourth-order valence-corrected chi connectivity index (χ4v) is 2.80. The van der Waals surface area contributed by atoms with Crippen LogP contribution in [0.3, 0.4) is 0 Å². The van der Waals surface area contributed by atoms with Gasteiger partial charge in [-0.3, -0.25) is 9.69 Å². The van der Waals surface area contributed by atoms with Gasteiger partial charge >= 0.3 is 0 Å². The second-order valence-corrected chi connectivity index (χ2v) is 5.49. The topological polar surface area (TPSA) is 55.8 Å². The number of hydrogen-bond acceptors (Lipinski definition) is 4. The Morgan fingerprint density at radius 2 is 2.10 bits per heavy atom. The maximum atomic E-state index is 12.6. The Bertz CT molecular complexity index is 490. The molecule has 116 valence electrons. The van der Waals surface area contributed by atoms with E-state index in [9.17, 15) is 4.79 Å². The third-order valence-corrected chi connectivity index (χ3v) is 4.03. The predicted octanol–water partition coefficient (Wildman–Crippen LogP) is 1.18. The van der Waals surface area contributed by atoms with Crippen molar-refractivity contribution in [3.05, 3.63) is 29.3 Å². The van der Waals surface area contributed by atoms with Crippen molar-refractivity contribution >= 4 is 11.6 Å². The highest BCUT2D eigenvalue weighted by Crippen LogP contribution is 2.17. The number of carbonyl (C=O) groups excluding carboxylic acids is 1. The summed E-state index contributed by atoms with van der Waals surface area (Å²) in [5, 5.41) is 12.1. The van der Waals surface area contributed by atoms with Gasteiger partial charge in [0.1, 0.15) is 0 Å². The highest BCUT2D eigenvalue weighted by atomic mass is 16.3. The molecule has 1 heterocycles. The summed E-state index contributed by atoms with van der Waals surface area (Å²) in [5.74, 6) is 0.103. The number of benzene rings is 1. The van der Waals surface area contributed by atoms with Crippen molar-refractivity contribution in [1.82, 2.24) is 9.80 Å². The zero-order valence-electron chi connectivity index (χ0n) is 12.9. The van der Waals surface area contributed by atoms with Crippen LogP contribution in [0.1, 0.15) is 22.3 Å². The molecular formula is C16H25N3O2. The van der Waals surface area contributed by atoms with Crippen LogP contribution in [-0.4, -0.2) is 67.2 Å². The fourth-order valence-electron chi connectivity index (χ4n) is 2.80. The van der Waals surface area contributed by atoms with E-state index < -0.39 is 0 Å². The number of aliphatic hydroxyl groups excluding tert-OH is 1. The normalized spacial score (nSPS) is 16.6. The van der Waals surface area contributed by atoms with Gasteiger partial charge in [-0.05, 0) is 43.7 Å². The van der Waals surface area contributed by atoms with Gasteiger partial charge in [-0.1, -0.05) is 0 Å². The third kappa shape index (κ3) is 3.95. The molecule has 0 saturated carbocycles. The van der Waals surface area contributed by atoms with Crippen molar-refractivity contribution < 1.29 is 9.90 Å². The van der Waals surface area contributed by atoms with Crippen molar-refractivity contribution in [2.45, 2.75) is 13.3 Å². The van der Waals surface area contributed by atoms with E-state index in [2.05, 4.69) is 10.2 Å². The summed E-state index contributed by atoms with van der Waals surface area (Å²) < 4.78 is 0. The van der Waals surface area contributed by atoms with E-state index in [1.54, 1.807) is 0 Å². The number of amides is 1. The zero-order valence-corrected chi connectivity index (χ0v) is 12.9. The third-order valence-electron chi connectivity index (χ3n) is 4.03. The molecule has 0 spiro atoms. The molecule has 1 aliphatic rings. The second-order valence-electron chi connectivity index (χ2n) is 5.49. The van der Waals surface area contributed by atoms with E-state index in [0.717, 1.165) is 49.4 Å². The van der Waals surface area contributed by atoms with Crippen molar-refractivity contribution in [2.75, 3.05) is 51.7 Å². The lowest BCUT2D eigenvalue weighted by Gasteiger charge is -2.22. The summed E-state index contributed by atoms with van der Waals surface area (Å²) in [6, 6.07) is 5.79. The van der Waals surface area contributed by atoms with Crippen LogP contribution in [0, 0.1) is 6.92 Å². The van der Waals surface area contributed by atoms with Gasteiger partial charge in [-0.2, -0.15) is 0 Å². The van der Waals surface area contributed by atoms with Crippen LogP contribution in [0.2, 0.25) is 0 Å². The number of nitrogens with zero attached hydrogens (tertiary/aromatic N) is 2. The van der Waals surface area contributed by atoms with Crippen LogP contribution >= 0.6 is 0 Å². The van der Waals surface area contributed by atoms with Crippen molar-refractivity contribution in [3.63, 3.8) is 0 Å². The number of carbonyl (C=O) groups is 1. The molecule has 1 amide bonds. The Morgan fingerprint density at radius 3 is 2.76 bits per heavy atom. The number of β-amino-alcohol motifs (C(OH)–C–C–N with tert-alkyl or cyclic N) is 1. The lowest BCUT2D eigenvalue weighted by molar-refractivity contribution is 0.0760. The summed E-state index contributed by atoms with van der Waals surface area (Å²) in [7, 11) is 1.88. The number of nitrogens with one attached hydrogen (secondary N) is 1. The molecule has 1 aromatic rings. The Hall–Kier alpha value is -1.59. The van der Waals surface area contributed by atoms with E-state index in [-0.39, 0.29) is 12.5 Å². The molecule has 0 atom stereocenters. The van der Waals surface area contributed by atoms with Crippen LogP contribution in [0.5, 0.6) is 0 Å². The first-order chi connectivity index (χ1) is 10.2. The highest BCUT2D eigenvalue weighted by Gasteiger charge is 2.20. The average molecular weight is 291 g/mol. The van der Waals surface area contributed by atoms with Gasteiger partial charge in [0.15, 0.2) is 0 Å². The quantitative estimate of drug-likeness (QED) is 0.874. The van der Waals surface area contributed by atoms with E-state index in [4.69, 9.17) is 5.11 Å². The number of aliphatic hydroxyl groups is 1. The first kappa shape index (κ1) is 15.8. The minimum atomic E-state index is 0.103. The fraction of sp³-hybridized carbons (Fsp3) is 0.562. The lowest BCUT2D eigenvalue weighted by Crippen LogP contribution is -2.35. The molecule has 1 fully saturated rings. The summed E-state index contributed by atoms with van der Waals surface area (Å²) in [5.41, 5.74) is 2.89. The van der Waals surface area contributed by atoms with E-state index in [1.807, 2.05) is 37.1 Å². The van der Waals surface area contributed by atoms with Crippen LogP contribution in [0.15, 0.2) is 18.2 Å². The summed E-state index contributed by atoms with van der Waals surface area (Å²) in [4.78, 5) is 16.7. The molecule has 1 saturated heterocycles. The SMILES string of the molecule is CNc1ccc(C(=O)N2CCCN(CCO)CC2)cc1C. The monoisotopic (exact) mass is 291 g/mol. The molecule has 21 heavy (non-hydrogen) atoms. The van der Waals surface area contributed by atoms with Gasteiger partial charge in [0.2, 0.25) is 0 Å². The minimum absolute atomic E-state index is 0.103. The smallest absolute Gasteiger partial charge is 0.253 e. The first-order valence-electron chi connectivity index (χ1n) is 7.56. The number of rotatable bonds is 4. The first-order valence-corrected chi connectivity index (χ1v) is 7.56. The molecule has 0 bridgehead atoms. The van der Waals surface area contributed by atoms with Crippen LogP contribution < -0.4 is 5.32 Å². The summed E-state index contributed by atoms with van der Waals surface area (Å²) in [6.07, 6.45) is 0.958. The molecule has 1 aromatic carbocycles. The highest BCUT2D eigenvalue weighted by molar-refractivity contribution is 5.95. The largest absolute Gasteiger partial charge is 0.395 e. The van der Waals surface area contributed by atoms with Crippen LogP contribution in [0.25, 0.3) is 0 Å². The molecule has 5 heteroatoms. The molecule has 2 N–H and O–H groups in total. The molecule has 5 nitrogen and oxygen atoms in total. The van der Waals surface area contributed by atoms with Gasteiger partial charge in [0.25, 0.3) is 5.91 Å². The standard InChI is InChI=1S/C16H25N3O2/c1-13-12-14(4-5-15(13)17-2)16(21)19-7-3-6-18(8-9-19)10-11-20/h4-5,12,17,20H,3,6-11H2,1-2H3. The van der Waals surface area contributed by atoms with Crippen molar-refractivity contribution in [3.8, 4) is 0 Å².